The standard InChI is InChI=1S/C22H26ClFN2O2/c1-15(2)13-25-22(28)16(3)26(14-17-8-5-4-6-9-17)21(27)12-18-19(23)10-7-11-20(18)24/h4-11,15-16H,12-14H2,1-3H3,(H,25,28). The molecule has 2 amide bonds. The van der Waals surface area contributed by atoms with Gasteiger partial charge in [-0.15, -0.1) is 0 Å². The van der Waals surface area contributed by atoms with Crippen LogP contribution in [0.2, 0.25) is 5.02 Å². The van der Waals surface area contributed by atoms with Crippen molar-refractivity contribution in [3.8, 4) is 0 Å². The number of hydrogen-bond donors (Lipinski definition) is 1. The maximum Gasteiger partial charge on any atom is 0.242 e. The summed E-state index contributed by atoms with van der Waals surface area (Å²) in [7, 11) is 0. The van der Waals surface area contributed by atoms with Gasteiger partial charge in [-0.1, -0.05) is 61.8 Å². The van der Waals surface area contributed by atoms with Crippen molar-refractivity contribution in [3.63, 3.8) is 0 Å². The zero-order chi connectivity index (χ0) is 20.7. The number of amides is 2. The van der Waals surface area contributed by atoms with E-state index in [0.29, 0.717) is 12.5 Å². The molecule has 1 unspecified atom stereocenters. The van der Waals surface area contributed by atoms with Gasteiger partial charge in [-0.3, -0.25) is 9.59 Å². The SMILES string of the molecule is CC(C)CNC(=O)C(C)N(Cc1ccccc1)C(=O)Cc1c(F)cccc1Cl. The van der Waals surface area contributed by atoms with E-state index in [2.05, 4.69) is 5.32 Å². The zero-order valence-corrected chi connectivity index (χ0v) is 17.2. The van der Waals surface area contributed by atoms with Crippen molar-refractivity contribution in [2.75, 3.05) is 6.54 Å². The lowest BCUT2D eigenvalue weighted by atomic mass is 10.1. The van der Waals surface area contributed by atoms with Crippen LogP contribution in [0.4, 0.5) is 4.39 Å². The highest BCUT2D eigenvalue weighted by Crippen LogP contribution is 2.21. The fourth-order valence-corrected chi connectivity index (χ4v) is 3.00. The molecule has 2 aromatic carbocycles. The van der Waals surface area contributed by atoms with Gasteiger partial charge in [0.2, 0.25) is 11.8 Å². The summed E-state index contributed by atoms with van der Waals surface area (Å²) in [6, 6.07) is 13.0. The highest BCUT2D eigenvalue weighted by Gasteiger charge is 2.27. The molecule has 4 nitrogen and oxygen atoms in total. The van der Waals surface area contributed by atoms with E-state index in [1.807, 2.05) is 44.2 Å². The normalized spacial score (nSPS) is 11.9. The lowest BCUT2D eigenvalue weighted by molar-refractivity contribution is -0.140. The van der Waals surface area contributed by atoms with Crippen molar-refractivity contribution >= 4 is 23.4 Å². The van der Waals surface area contributed by atoms with Crippen LogP contribution in [0.25, 0.3) is 0 Å². The van der Waals surface area contributed by atoms with Gasteiger partial charge in [-0.05, 0) is 30.5 Å². The van der Waals surface area contributed by atoms with E-state index >= 15 is 0 Å². The Labute approximate surface area is 170 Å². The van der Waals surface area contributed by atoms with E-state index in [9.17, 15) is 14.0 Å². The van der Waals surface area contributed by atoms with Crippen molar-refractivity contribution in [2.45, 2.75) is 39.8 Å². The van der Waals surface area contributed by atoms with Gasteiger partial charge in [0.05, 0.1) is 6.42 Å². The predicted octanol–water partition coefficient (Wildman–Crippen LogP) is 4.21. The van der Waals surface area contributed by atoms with Crippen molar-refractivity contribution in [3.05, 3.63) is 70.5 Å². The van der Waals surface area contributed by atoms with Gasteiger partial charge in [0.25, 0.3) is 0 Å². The van der Waals surface area contributed by atoms with Crippen LogP contribution in [-0.2, 0) is 22.6 Å². The van der Waals surface area contributed by atoms with Gasteiger partial charge in [-0.2, -0.15) is 0 Å². The van der Waals surface area contributed by atoms with Crippen molar-refractivity contribution < 1.29 is 14.0 Å². The van der Waals surface area contributed by atoms with E-state index in [0.717, 1.165) is 5.56 Å². The number of carbonyl (C=O) groups excluding carboxylic acids is 2. The van der Waals surface area contributed by atoms with Crippen molar-refractivity contribution in [2.24, 2.45) is 5.92 Å². The van der Waals surface area contributed by atoms with Crippen LogP contribution in [0.1, 0.15) is 31.9 Å². The van der Waals surface area contributed by atoms with Crippen LogP contribution >= 0.6 is 11.6 Å². The second kappa shape index (κ2) is 10.2. The quantitative estimate of drug-likeness (QED) is 0.716. The minimum Gasteiger partial charge on any atom is -0.354 e. The molecule has 0 aliphatic carbocycles. The number of halogens is 2. The smallest absolute Gasteiger partial charge is 0.242 e. The summed E-state index contributed by atoms with van der Waals surface area (Å²) in [5.74, 6) is -0.829. The van der Waals surface area contributed by atoms with Gasteiger partial charge >= 0.3 is 0 Å². The molecule has 150 valence electrons. The Morgan fingerprint density at radius 2 is 1.75 bits per heavy atom. The first-order valence-electron chi connectivity index (χ1n) is 9.33. The van der Waals surface area contributed by atoms with Crippen molar-refractivity contribution in [1.82, 2.24) is 10.2 Å². The van der Waals surface area contributed by atoms with E-state index < -0.39 is 11.9 Å². The summed E-state index contributed by atoms with van der Waals surface area (Å²) >= 11 is 6.08. The molecule has 0 radical (unpaired) electrons. The molecule has 0 aliphatic rings. The van der Waals surface area contributed by atoms with E-state index in [1.165, 1.54) is 17.0 Å². The van der Waals surface area contributed by atoms with Crippen LogP contribution in [-0.4, -0.2) is 29.3 Å². The molecular formula is C22H26ClFN2O2. The highest BCUT2D eigenvalue weighted by atomic mass is 35.5. The third-order valence-corrected chi connectivity index (χ3v) is 4.79. The Kier molecular flexibility index (Phi) is 8.00. The third kappa shape index (κ3) is 6.06. The van der Waals surface area contributed by atoms with E-state index in [1.54, 1.807) is 13.0 Å². The molecule has 0 bridgehead atoms. The van der Waals surface area contributed by atoms with Crippen LogP contribution in [0.5, 0.6) is 0 Å². The van der Waals surface area contributed by atoms with Crippen LogP contribution in [0.15, 0.2) is 48.5 Å². The molecule has 0 heterocycles. The molecule has 1 atom stereocenters. The third-order valence-electron chi connectivity index (χ3n) is 4.44. The molecule has 2 aromatic rings. The summed E-state index contributed by atoms with van der Waals surface area (Å²) in [6.45, 7) is 6.45. The highest BCUT2D eigenvalue weighted by molar-refractivity contribution is 6.31. The first kappa shape index (κ1) is 21.9. The molecule has 0 aliphatic heterocycles. The molecule has 0 spiro atoms. The lowest BCUT2D eigenvalue weighted by Crippen LogP contribution is -2.48. The molecule has 0 saturated carbocycles. The Bertz CT molecular complexity index is 791. The number of benzene rings is 2. The van der Waals surface area contributed by atoms with Gasteiger partial charge < -0.3 is 10.2 Å². The number of rotatable bonds is 8. The van der Waals surface area contributed by atoms with E-state index in [4.69, 9.17) is 11.6 Å². The fraction of sp³-hybridized carbons (Fsp3) is 0.364. The van der Waals surface area contributed by atoms with Gasteiger partial charge in [0.1, 0.15) is 11.9 Å². The Hall–Kier alpha value is -2.40. The summed E-state index contributed by atoms with van der Waals surface area (Å²) in [4.78, 5) is 27.1. The molecular weight excluding hydrogens is 379 g/mol. The van der Waals surface area contributed by atoms with E-state index in [-0.39, 0.29) is 35.4 Å². The molecule has 0 aromatic heterocycles. The second-order valence-electron chi connectivity index (χ2n) is 7.20. The average Bonchev–Trinajstić information content (AvgIpc) is 2.67. The monoisotopic (exact) mass is 404 g/mol. The van der Waals surface area contributed by atoms with Gasteiger partial charge in [0, 0.05) is 23.7 Å². The Morgan fingerprint density at radius 1 is 1.07 bits per heavy atom. The molecule has 2 rings (SSSR count). The molecule has 28 heavy (non-hydrogen) atoms. The minimum absolute atomic E-state index is 0.141. The summed E-state index contributed by atoms with van der Waals surface area (Å²) < 4.78 is 14.1. The molecule has 0 fully saturated rings. The van der Waals surface area contributed by atoms with Gasteiger partial charge in [0.15, 0.2) is 0 Å². The predicted molar refractivity (Wildman–Crippen MR) is 109 cm³/mol. The van der Waals surface area contributed by atoms with Crippen molar-refractivity contribution in [1.29, 1.82) is 0 Å². The minimum atomic E-state index is -0.697. The van der Waals surface area contributed by atoms with Crippen LogP contribution < -0.4 is 5.32 Å². The summed E-state index contributed by atoms with van der Waals surface area (Å²) in [6.07, 6.45) is -0.208. The summed E-state index contributed by atoms with van der Waals surface area (Å²) in [5, 5.41) is 3.06. The summed E-state index contributed by atoms with van der Waals surface area (Å²) in [5.41, 5.74) is 1.03. The zero-order valence-electron chi connectivity index (χ0n) is 16.4. The number of nitrogens with one attached hydrogen (secondary N) is 1. The van der Waals surface area contributed by atoms with Crippen LogP contribution in [0.3, 0.4) is 0 Å². The number of hydrogen-bond acceptors (Lipinski definition) is 2. The molecule has 1 N–H and O–H groups in total. The fourth-order valence-electron chi connectivity index (χ4n) is 2.77. The molecule has 6 heteroatoms. The maximum atomic E-state index is 14.1. The number of nitrogens with zero attached hydrogens (tertiary/aromatic N) is 1. The average molecular weight is 405 g/mol. The largest absolute Gasteiger partial charge is 0.354 e. The first-order valence-corrected chi connectivity index (χ1v) is 9.71. The topological polar surface area (TPSA) is 49.4 Å². The Balaban J connectivity index is 2.23. The first-order chi connectivity index (χ1) is 13.3. The molecule has 0 saturated heterocycles. The van der Waals surface area contributed by atoms with Gasteiger partial charge in [-0.25, -0.2) is 4.39 Å². The second-order valence-corrected chi connectivity index (χ2v) is 7.61. The maximum absolute atomic E-state index is 14.1. The number of carbonyl (C=O) groups is 2. The van der Waals surface area contributed by atoms with Crippen LogP contribution in [0, 0.1) is 11.7 Å². The Morgan fingerprint density at radius 3 is 2.36 bits per heavy atom. The lowest BCUT2D eigenvalue weighted by Gasteiger charge is -2.29.